The average molecular weight is 255 g/mol. The lowest BCUT2D eigenvalue weighted by molar-refractivity contribution is -0.141. The Kier molecular flexibility index (Phi) is 3.72. The topological polar surface area (TPSA) is 116 Å². The van der Waals surface area contributed by atoms with Gasteiger partial charge in [-0.25, -0.2) is 9.42 Å². The summed E-state index contributed by atoms with van der Waals surface area (Å²) in [5, 5.41) is 10.9. The van der Waals surface area contributed by atoms with Crippen LogP contribution in [-0.4, -0.2) is 53.3 Å². The number of oxime groups is 1. The quantitative estimate of drug-likeness (QED) is 0.316. The smallest absolute Gasteiger partial charge is 0.332 e. The van der Waals surface area contributed by atoms with Gasteiger partial charge in [-0.05, 0) is 10.3 Å². The van der Waals surface area contributed by atoms with Crippen LogP contribution in [0.2, 0.25) is 0 Å². The fourth-order valence-electron chi connectivity index (χ4n) is 1.48. The minimum atomic E-state index is -0.532. The van der Waals surface area contributed by atoms with E-state index in [0.29, 0.717) is 32.1 Å². The second-order valence-corrected chi connectivity index (χ2v) is 3.60. The average Bonchev–Trinajstić information content (AvgIpc) is 2.77. The van der Waals surface area contributed by atoms with Crippen molar-refractivity contribution in [3.63, 3.8) is 0 Å². The zero-order valence-corrected chi connectivity index (χ0v) is 9.83. The molecule has 1 fully saturated rings. The van der Waals surface area contributed by atoms with Crippen molar-refractivity contribution in [2.24, 2.45) is 5.16 Å². The van der Waals surface area contributed by atoms with Crippen LogP contribution >= 0.6 is 0 Å². The summed E-state index contributed by atoms with van der Waals surface area (Å²) in [5.74, 6) is -0.129. The van der Waals surface area contributed by atoms with Crippen LogP contribution in [-0.2, 0) is 14.4 Å². The van der Waals surface area contributed by atoms with E-state index in [4.69, 9.17) is 10.5 Å². The van der Waals surface area contributed by atoms with E-state index in [2.05, 4.69) is 24.9 Å². The molecular formula is C9H13N5O4. The fraction of sp³-hybridized carbons (Fsp3) is 0.556. The maximum absolute atomic E-state index is 10.8. The molecule has 0 radical (unpaired) electrons. The Morgan fingerprint density at radius 3 is 2.72 bits per heavy atom. The molecule has 2 N–H and O–H groups in total. The highest BCUT2D eigenvalue weighted by molar-refractivity contribution is 6.00. The first-order valence-electron chi connectivity index (χ1n) is 5.35. The molecule has 0 amide bonds. The lowest BCUT2D eigenvalue weighted by Gasteiger charge is -2.28. The standard InChI is InChI=1S/C9H13N5O4/c1-6(15)17-13-9(7-8(10)12-18-11-7)14-2-4-16-5-3-14/h2-5H2,1H3,(H2,10,12). The van der Waals surface area contributed by atoms with E-state index in [0.717, 1.165) is 0 Å². The van der Waals surface area contributed by atoms with Crippen molar-refractivity contribution in [3.8, 4) is 0 Å². The van der Waals surface area contributed by atoms with Crippen LogP contribution in [0.15, 0.2) is 9.78 Å². The third-order valence-corrected chi connectivity index (χ3v) is 2.30. The van der Waals surface area contributed by atoms with Crippen molar-refractivity contribution in [2.75, 3.05) is 32.0 Å². The molecular weight excluding hydrogens is 242 g/mol. The number of nitrogen functional groups attached to an aromatic ring is 1. The molecule has 1 saturated heterocycles. The van der Waals surface area contributed by atoms with Crippen LogP contribution in [0, 0.1) is 0 Å². The summed E-state index contributed by atoms with van der Waals surface area (Å²) >= 11 is 0. The first-order chi connectivity index (χ1) is 8.68. The highest BCUT2D eigenvalue weighted by Gasteiger charge is 2.23. The molecule has 18 heavy (non-hydrogen) atoms. The van der Waals surface area contributed by atoms with E-state index in [9.17, 15) is 4.79 Å². The Bertz CT molecular complexity index is 452. The number of rotatable bonds is 2. The Morgan fingerprint density at radius 2 is 2.17 bits per heavy atom. The molecule has 1 aliphatic rings. The van der Waals surface area contributed by atoms with Crippen molar-refractivity contribution < 1.29 is 19.0 Å². The number of hydrogen-bond acceptors (Lipinski definition) is 8. The van der Waals surface area contributed by atoms with Gasteiger partial charge in [0.2, 0.25) is 5.84 Å². The molecule has 98 valence electrons. The lowest BCUT2D eigenvalue weighted by Crippen LogP contribution is -2.41. The maximum atomic E-state index is 10.8. The monoisotopic (exact) mass is 255 g/mol. The van der Waals surface area contributed by atoms with Gasteiger partial charge in [-0.15, -0.1) is 0 Å². The van der Waals surface area contributed by atoms with Gasteiger partial charge in [0.05, 0.1) is 13.2 Å². The SMILES string of the molecule is CC(=O)ON=C(c1nonc1N)N1CCOCC1. The molecule has 2 heterocycles. The van der Waals surface area contributed by atoms with Crippen molar-refractivity contribution in [2.45, 2.75) is 6.92 Å². The van der Waals surface area contributed by atoms with Gasteiger partial charge in [-0.3, -0.25) is 0 Å². The summed E-state index contributed by atoms with van der Waals surface area (Å²) in [6, 6.07) is 0. The molecule has 0 unspecified atom stereocenters. The number of anilines is 1. The van der Waals surface area contributed by atoms with Crippen LogP contribution in [0.4, 0.5) is 5.82 Å². The minimum Gasteiger partial charge on any atom is -0.379 e. The molecule has 1 aromatic rings. The molecule has 2 rings (SSSR count). The van der Waals surface area contributed by atoms with E-state index in [1.54, 1.807) is 0 Å². The molecule has 9 heteroatoms. The summed E-state index contributed by atoms with van der Waals surface area (Å²) in [5.41, 5.74) is 5.86. The number of morpholine rings is 1. The number of nitrogens with zero attached hydrogens (tertiary/aromatic N) is 4. The predicted octanol–water partition coefficient (Wildman–Crippen LogP) is -0.791. The minimum absolute atomic E-state index is 0.0902. The molecule has 1 aromatic heterocycles. The molecule has 1 aliphatic heterocycles. The molecule has 0 bridgehead atoms. The van der Waals surface area contributed by atoms with Crippen LogP contribution in [0.5, 0.6) is 0 Å². The lowest BCUT2D eigenvalue weighted by atomic mass is 10.3. The van der Waals surface area contributed by atoms with Gasteiger partial charge < -0.3 is 20.2 Å². The summed E-state index contributed by atoms with van der Waals surface area (Å²) in [6.07, 6.45) is 0. The predicted molar refractivity (Wildman–Crippen MR) is 59.4 cm³/mol. The third-order valence-electron chi connectivity index (χ3n) is 2.30. The number of carbonyl (C=O) groups is 1. The summed E-state index contributed by atoms with van der Waals surface area (Å²) in [7, 11) is 0. The highest BCUT2D eigenvalue weighted by Crippen LogP contribution is 2.12. The number of aromatic nitrogens is 2. The number of carbonyl (C=O) groups excluding carboxylic acids is 1. The summed E-state index contributed by atoms with van der Waals surface area (Å²) in [6.45, 7) is 3.53. The van der Waals surface area contributed by atoms with Gasteiger partial charge in [0, 0.05) is 20.0 Å². The Labute approximate surface area is 102 Å². The molecule has 0 aliphatic carbocycles. The van der Waals surface area contributed by atoms with Crippen molar-refractivity contribution in [1.29, 1.82) is 0 Å². The second kappa shape index (κ2) is 5.45. The molecule has 9 nitrogen and oxygen atoms in total. The van der Waals surface area contributed by atoms with Gasteiger partial charge in [0.25, 0.3) is 0 Å². The molecule has 0 saturated carbocycles. The van der Waals surface area contributed by atoms with Crippen LogP contribution in [0.1, 0.15) is 12.6 Å². The van der Waals surface area contributed by atoms with Crippen molar-refractivity contribution in [3.05, 3.63) is 5.69 Å². The van der Waals surface area contributed by atoms with Crippen molar-refractivity contribution >= 4 is 17.6 Å². The van der Waals surface area contributed by atoms with E-state index in [1.165, 1.54) is 6.92 Å². The normalized spacial score (nSPS) is 16.7. The van der Waals surface area contributed by atoms with Gasteiger partial charge in [-0.1, -0.05) is 5.16 Å². The highest BCUT2D eigenvalue weighted by atomic mass is 16.7. The van der Waals surface area contributed by atoms with Crippen LogP contribution in [0.25, 0.3) is 0 Å². The van der Waals surface area contributed by atoms with Crippen LogP contribution < -0.4 is 5.73 Å². The summed E-state index contributed by atoms with van der Waals surface area (Å²) < 4.78 is 9.75. The Balaban J connectivity index is 2.25. The van der Waals surface area contributed by atoms with Gasteiger partial charge in [0.15, 0.2) is 11.5 Å². The van der Waals surface area contributed by atoms with Gasteiger partial charge >= 0.3 is 5.97 Å². The van der Waals surface area contributed by atoms with E-state index >= 15 is 0 Å². The largest absolute Gasteiger partial charge is 0.379 e. The van der Waals surface area contributed by atoms with Crippen molar-refractivity contribution in [1.82, 2.24) is 15.2 Å². The van der Waals surface area contributed by atoms with E-state index in [1.807, 2.05) is 4.90 Å². The Morgan fingerprint density at radius 1 is 1.44 bits per heavy atom. The van der Waals surface area contributed by atoms with E-state index in [-0.39, 0.29) is 11.5 Å². The molecule has 0 atom stereocenters. The maximum Gasteiger partial charge on any atom is 0.332 e. The zero-order chi connectivity index (χ0) is 13.0. The van der Waals surface area contributed by atoms with Gasteiger partial charge in [-0.2, -0.15) is 0 Å². The number of hydrogen-bond donors (Lipinski definition) is 1. The molecule has 0 spiro atoms. The molecule has 0 aromatic carbocycles. The second-order valence-electron chi connectivity index (χ2n) is 3.60. The number of ether oxygens (including phenoxy) is 1. The fourth-order valence-corrected chi connectivity index (χ4v) is 1.48. The first-order valence-corrected chi connectivity index (χ1v) is 5.35. The zero-order valence-electron chi connectivity index (χ0n) is 9.83. The number of amidine groups is 1. The van der Waals surface area contributed by atoms with Gasteiger partial charge in [0.1, 0.15) is 0 Å². The number of nitrogens with two attached hydrogens (primary N) is 1. The Hall–Kier alpha value is -2.16. The first kappa shape index (κ1) is 12.3. The van der Waals surface area contributed by atoms with Crippen LogP contribution in [0.3, 0.4) is 0 Å². The van der Waals surface area contributed by atoms with E-state index < -0.39 is 5.97 Å². The third kappa shape index (κ3) is 2.74. The summed E-state index contributed by atoms with van der Waals surface area (Å²) in [4.78, 5) is 17.3.